The number of piperazine rings is 1. The molecule has 0 spiro atoms. The molecule has 1 N–H and O–H groups in total. The van der Waals surface area contributed by atoms with Crippen LogP contribution < -0.4 is 5.32 Å². The van der Waals surface area contributed by atoms with Crippen LogP contribution in [0.15, 0.2) is 53.4 Å². The predicted octanol–water partition coefficient (Wildman–Crippen LogP) is 3.87. The van der Waals surface area contributed by atoms with Gasteiger partial charge in [-0.25, -0.2) is 0 Å². The van der Waals surface area contributed by atoms with Gasteiger partial charge in [0.1, 0.15) is 0 Å². The molecule has 148 valence electrons. The van der Waals surface area contributed by atoms with Crippen molar-refractivity contribution in [3.8, 4) is 0 Å². The Labute approximate surface area is 172 Å². The standard InChI is InChI=1S/C23H29N3OS/c1-18(27)24-21-7-9-23(10-8-21)28-14-4-11-25-12-13-26-16-20-6-3-2-5-19(20)15-22(26)17-25/h2-3,5-10,22H,4,11-17H2,1H3,(H,24,27). The number of thioether (sulfide) groups is 1. The van der Waals surface area contributed by atoms with Crippen LogP contribution in [0.4, 0.5) is 5.69 Å². The van der Waals surface area contributed by atoms with Crippen LogP contribution in [-0.2, 0) is 17.8 Å². The lowest BCUT2D eigenvalue weighted by atomic mass is 9.92. The van der Waals surface area contributed by atoms with E-state index in [2.05, 4.69) is 51.5 Å². The van der Waals surface area contributed by atoms with Crippen molar-refractivity contribution in [1.82, 2.24) is 9.80 Å². The van der Waals surface area contributed by atoms with Crippen molar-refractivity contribution < 1.29 is 4.79 Å². The van der Waals surface area contributed by atoms with Gasteiger partial charge in [-0.05, 0) is 60.5 Å². The van der Waals surface area contributed by atoms with E-state index in [-0.39, 0.29) is 5.91 Å². The number of carbonyl (C=O) groups is 1. The van der Waals surface area contributed by atoms with Crippen molar-refractivity contribution in [3.05, 3.63) is 59.7 Å². The molecule has 0 aliphatic carbocycles. The zero-order valence-corrected chi connectivity index (χ0v) is 17.4. The largest absolute Gasteiger partial charge is 0.326 e. The van der Waals surface area contributed by atoms with Gasteiger partial charge in [-0.1, -0.05) is 24.3 Å². The molecule has 1 atom stereocenters. The van der Waals surface area contributed by atoms with Crippen LogP contribution in [0, 0.1) is 0 Å². The summed E-state index contributed by atoms with van der Waals surface area (Å²) in [7, 11) is 0. The minimum Gasteiger partial charge on any atom is -0.326 e. The number of carbonyl (C=O) groups excluding carboxylic acids is 1. The fourth-order valence-electron chi connectivity index (χ4n) is 4.26. The van der Waals surface area contributed by atoms with Gasteiger partial charge in [-0.3, -0.25) is 9.69 Å². The van der Waals surface area contributed by atoms with Gasteiger partial charge in [0.15, 0.2) is 0 Å². The molecule has 2 aliphatic heterocycles. The van der Waals surface area contributed by atoms with Crippen LogP contribution in [0.3, 0.4) is 0 Å². The molecule has 2 aromatic carbocycles. The molecule has 0 bridgehead atoms. The Balaban J connectivity index is 1.20. The molecular weight excluding hydrogens is 366 g/mol. The Hall–Kier alpha value is -1.82. The average Bonchev–Trinajstić information content (AvgIpc) is 2.70. The Kier molecular flexibility index (Phi) is 6.35. The van der Waals surface area contributed by atoms with Gasteiger partial charge >= 0.3 is 0 Å². The summed E-state index contributed by atoms with van der Waals surface area (Å²) in [6.07, 6.45) is 2.41. The zero-order chi connectivity index (χ0) is 19.3. The van der Waals surface area contributed by atoms with Gasteiger partial charge in [0.05, 0.1) is 0 Å². The summed E-state index contributed by atoms with van der Waals surface area (Å²) in [4.78, 5) is 17.7. The van der Waals surface area contributed by atoms with E-state index in [1.807, 2.05) is 23.9 Å². The lowest BCUT2D eigenvalue weighted by Crippen LogP contribution is -2.55. The van der Waals surface area contributed by atoms with Crippen molar-refractivity contribution in [3.63, 3.8) is 0 Å². The molecule has 2 aliphatic rings. The lowest BCUT2D eigenvalue weighted by Gasteiger charge is -2.44. The second kappa shape index (κ2) is 9.12. The number of nitrogens with zero attached hydrogens (tertiary/aromatic N) is 2. The van der Waals surface area contributed by atoms with Gasteiger partial charge in [-0.15, -0.1) is 11.8 Å². The summed E-state index contributed by atoms with van der Waals surface area (Å²) in [5.74, 6) is 1.11. The molecule has 1 saturated heterocycles. The van der Waals surface area contributed by atoms with Gasteiger partial charge in [0.25, 0.3) is 0 Å². The van der Waals surface area contributed by atoms with Crippen LogP contribution in [0.1, 0.15) is 24.5 Å². The highest BCUT2D eigenvalue weighted by Crippen LogP contribution is 2.26. The van der Waals surface area contributed by atoms with E-state index >= 15 is 0 Å². The van der Waals surface area contributed by atoms with E-state index in [0.29, 0.717) is 6.04 Å². The van der Waals surface area contributed by atoms with Gasteiger partial charge < -0.3 is 10.2 Å². The second-order valence-corrected chi connectivity index (χ2v) is 8.97. The summed E-state index contributed by atoms with van der Waals surface area (Å²) in [5.41, 5.74) is 3.93. The van der Waals surface area contributed by atoms with Crippen LogP contribution in [0.5, 0.6) is 0 Å². The first-order valence-electron chi connectivity index (χ1n) is 10.2. The van der Waals surface area contributed by atoms with Gasteiger partial charge in [0.2, 0.25) is 5.91 Å². The van der Waals surface area contributed by atoms with Gasteiger partial charge in [-0.2, -0.15) is 0 Å². The molecule has 0 aromatic heterocycles. The molecule has 4 nitrogen and oxygen atoms in total. The van der Waals surface area contributed by atoms with Crippen molar-refractivity contribution in [2.45, 2.75) is 37.2 Å². The molecule has 4 rings (SSSR count). The van der Waals surface area contributed by atoms with Crippen molar-refractivity contribution in [2.75, 3.05) is 37.2 Å². The van der Waals surface area contributed by atoms with Gasteiger partial charge in [0, 0.05) is 49.7 Å². The van der Waals surface area contributed by atoms with E-state index in [4.69, 9.17) is 0 Å². The highest BCUT2D eigenvalue weighted by molar-refractivity contribution is 7.99. The van der Waals surface area contributed by atoms with E-state index in [1.165, 1.54) is 56.4 Å². The first-order valence-corrected chi connectivity index (χ1v) is 11.2. The molecule has 1 amide bonds. The quantitative estimate of drug-likeness (QED) is 0.595. The number of nitrogens with one attached hydrogen (secondary N) is 1. The molecule has 2 heterocycles. The smallest absolute Gasteiger partial charge is 0.221 e. The van der Waals surface area contributed by atoms with E-state index in [0.717, 1.165) is 18.0 Å². The maximum absolute atomic E-state index is 11.1. The molecular formula is C23H29N3OS. The minimum absolute atomic E-state index is 0.0260. The SMILES string of the molecule is CC(=O)Nc1ccc(SCCCN2CCN3Cc4ccccc4CC3C2)cc1. The first kappa shape index (κ1) is 19.5. The highest BCUT2D eigenvalue weighted by Gasteiger charge is 2.30. The van der Waals surface area contributed by atoms with Crippen molar-refractivity contribution in [1.29, 1.82) is 0 Å². The summed E-state index contributed by atoms with van der Waals surface area (Å²) in [5, 5.41) is 2.81. The third kappa shape index (κ3) is 4.96. The summed E-state index contributed by atoms with van der Waals surface area (Å²) >= 11 is 1.90. The number of benzene rings is 2. The minimum atomic E-state index is -0.0260. The zero-order valence-electron chi connectivity index (χ0n) is 16.6. The maximum atomic E-state index is 11.1. The molecule has 5 heteroatoms. The monoisotopic (exact) mass is 395 g/mol. The Morgan fingerprint density at radius 1 is 1.11 bits per heavy atom. The van der Waals surface area contributed by atoms with Crippen LogP contribution in [0.2, 0.25) is 0 Å². The Bertz CT molecular complexity index is 808. The Morgan fingerprint density at radius 3 is 2.68 bits per heavy atom. The number of rotatable bonds is 6. The second-order valence-electron chi connectivity index (χ2n) is 7.81. The number of amides is 1. The summed E-state index contributed by atoms with van der Waals surface area (Å²) in [6, 6.07) is 17.8. The number of fused-ring (bicyclic) bond motifs is 2. The number of hydrogen-bond acceptors (Lipinski definition) is 4. The lowest BCUT2D eigenvalue weighted by molar-refractivity contribution is -0.114. The predicted molar refractivity (Wildman–Crippen MR) is 117 cm³/mol. The van der Waals surface area contributed by atoms with E-state index in [9.17, 15) is 4.79 Å². The van der Waals surface area contributed by atoms with Crippen molar-refractivity contribution >= 4 is 23.4 Å². The molecule has 1 fully saturated rings. The fraction of sp³-hybridized carbons (Fsp3) is 0.435. The number of hydrogen-bond donors (Lipinski definition) is 1. The topological polar surface area (TPSA) is 35.6 Å². The average molecular weight is 396 g/mol. The van der Waals surface area contributed by atoms with Crippen molar-refractivity contribution in [2.24, 2.45) is 0 Å². The molecule has 0 radical (unpaired) electrons. The summed E-state index contributed by atoms with van der Waals surface area (Å²) < 4.78 is 0. The van der Waals surface area contributed by atoms with Crippen LogP contribution in [-0.4, -0.2) is 53.7 Å². The van der Waals surface area contributed by atoms with Crippen LogP contribution in [0.25, 0.3) is 0 Å². The van der Waals surface area contributed by atoms with E-state index < -0.39 is 0 Å². The highest BCUT2D eigenvalue weighted by atomic mass is 32.2. The Morgan fingerprint density at radius 2 is 1.89 bits per heavy atom. The molecule has 1 unspecified atom stereocenters. The summed E-state index contributed by atoms with van der Waals surface area (Å²) in [6.45, 7) is 7.42. The molecule has 2 aromatic rings. The van der Waals surface area contributed by atoms with Crippen LogP contribution >= 0.6 is 11.8 Å². The maximum Gasteiger partial charge on any atom is 0.221 e. The molecule has 0 saturated carbocycles. The van der Waals surface area contributed by atoms with E-state index in [1.54, 1.807) is 5.56 Å². The molecule has 28 heavy (non-hydrogen) atoms. The third-order valence-electron chi connectivity index (χ3n) is 5.70. The normalized spacial score (nSPS) is 19.7. The first-order chi connectivity index (χ1) is 13.7. The number of anilines is 1. The third-order valence-corrected chi connectivity index (χ3v) is 6.80. The fourth-order valence-corrected chi connectivity index (χ4v) is 5.10.